The molecule has 2 rings (SSSR count). The zero-order valence-corrected chi connectivity index (χ0v) is 7.89. The van der Waals surface area contributed by atoms with Gasteiger partial charge >= 0.3 is 0 Å². The minimum atomic E-state index is 0.174. The first-order valence-electron chi connectivity index (χ1n) is 3.76. The molecule has 3 nitrogen and oxygen atoms in total. The number of fused-ring (bicyclic) bond motifs is 1. The van der Waals surface area contributed by atoms with Crippen molar-refractivity contribution in [2.75, 3.05) is 12.8 Å². The number of hydrogen-bond acceptors (Lipinski definition) is 4. The molecule has 0 atom stereocenters. The first-order chi connectivity index (χ1) is 6.22. The molecule has 0 bridgehead atoms. The van der Waals surface area contributed by atoms with Gasteiger partial charge < -0.3 is 15.6 Å². The number of thiophene rings is 1. The van der Waals surface area contributed by atoms with Crippen LogP contribution in [0.2, 0.25) is 0 Å². The van der Waals surface area contributed by atoms with E-state index in [0.29, 0.717) is 11.4 Å². The predicted molar refractivity (Wildman–Crippen MR) is 54.5 cm³/mol. The molecule has 1 aromatic heterocycles. The largest absolute Gasteiger partial charge is 0.507 e. The van der Waals surface area contributed by atoms with Crippen LogP contribution in [-0.4, -0.2) is 12.2 Å². The third kappa shape index (κ3) is 1.19. The van der Waals surface area contributed by atoms with Crippen LogP contribution in [-0.2, 0) is 0 Å². The Labute approximate surface area is 79.4 Å². The van der Waals surface area contributed by atoms with Gasteiger partial charge in [-0.25, -0.2) is 0 Å². The molecule has 0 spiro atoms. The van der Waals surface area contributed by atoms with Gasteiger partial charge in [0.25, 0.3) is 0 Å². The fraction of sp³-hybridized carbons (Fsp3) is 0.111. The maximum Gasteiger partial charge on any atom is 0.141 e. The number of nitrogens with two attached hydrogens (primary N) is 1. The first kappa shape index (κ1) is 8.19. The van der Waals surface area contributed by atoms with Gasteiger partial charge in [-0.15, -0.1) is 11.3 Å². The van der Waals surface area contributed by atoms with Crippen LogP contribution in [0.15, 0.2) is 17.5 Å². The Balaban J connectivity index is 2.82. The summed E-state index contributed by atoms with van der Waals surface area (Å²) >= 11 is 1.50. The highest BCUT2D eigenvalue weighted by Crippen LogP contribution is 2.39. The summed E-state index contributed by atoms with van der Waals surface area (Å²) < 4.78 is 6.04. The van der Waals surface area contributed by atoms with E-state index in [1.165, 1.54) is 17.4 Å². The molecule has 0 aliphatic carbocycles. The number of phenolic OH excluding ortho intramolecular Hbond substituents is 1. The van der Waals surface area contributed by atoms with Crippen LogP contribution >= 0.6 is 11.3 Å². The van der Waals surface area contributed by atoms with Crippen LogP contribution in [0.25, 0.3) is 10.1 Å². The molecule has 0 aliphatic heterocycles. The van der Waals surface area contributed by atoms with Crippen molar-refractivity contribution in [1.82, 2.24) is 0 Å². The Morgan fingerprint density at radius 2 is 2.23 bits per heavy atom. The zero-order valence-electron chi connectivity index (χ0n) is 7.07. The van der Waals surface area contributed by atoms with E-state index in [-0.39, 0.29) is 5.75 Å². The number of benzene rings is 1. The fourth-order valence-corrected chi connectivity index (χ4v) is 2.26. The second-order valence-electron chi connectivity index (χ2n) is 2.72. The summed E-state index contributed by atoms with van der Waals surface area (Å²) in [5.41, 5.74) is 6.15. The molecule has 0 amide bonds. The van der Waals surface area contributed by atoms with Crippen molar-refractivity contribution in [1.29, 1.82) is 0 Å². The highest BCUT2D eigenvalue weighted by atomic mass is 32.1. The summed E-state index contributed by atoms with van der Waals surface area (Å²) in [5, 5.41) is 12.2. The van der Waals surface area contributed by atoms with E-state index in [1.54, 1.807) is 7.11 Å². The average Bonchev–Trinajstić information content (AvgIpc) is 2.47. The van der Waals surface area contributed by atoms with Crippen LogP contribution < -0.4 is 10.5 Å². The number of aromatic hydroxyl groups is 1. The Morgan fingerprint density at radius 1 is 1.46 bits per heavy atom. The van der Waals surface area contributed by atoms with Gasteiger partial charge in [0.05, 0.1) is 12.5 Å². The highest BCUT2D eigenvalue weighted by molar-refractivity contribution is 7.17. The summed E-state index contributed by atoms with van der Waals surface area (Å²) in [6.07, 6.45) is 0. The molecule has 0 fully saturated rings. The molecule has 0 aliphatic rings. The molecule has 1 heterocycles. The molecule has 2 aromatic rings. The van der Waals surface area contributed by atoms with Gasteiger partial charge in [0, 0.05) is 21.8 Å². The predicted octanol–water partition coefficient (Wildman–Crippen LogP) is 2.20. The van der Waals surface area contributed by atoms with Gasteiger partial charge in [0.2, 0.25) is 0 Å². The SMILES string of the molecule is COc1csc2cc(N)cc(O)c12. The summed E-state index contributed by atoms with van der Waals surface area (Å²) in [7, 11) is 1.58. The lowest BCUT2D eigenvalue weighted by Crippen LogP contribution is -1.84. The number of hydrogen-bond donors (Lipinski definition) is 2. The van der Waals surface area contributed by atoms with Crippen molar-refractivity contribution in [2.45, 2.75) is 0 Å². The molecular weight excluding hydrogens is 186 g/mol. The third-order valence-corrected chi connectivity index (χ3v) is 2.77. The summed E-state index contributed by atoms with van der Waals surface area (Å²) in [4.78, 5) is 0. The van der Waals surface area contributed by atoms with Gasteiger partial charge in [0.15, 0.2) is 0 Å². The number of anilines is 1. The van der Waals surface area contributed by atoms with Crippen molar-refractivity contribution >= 4 is 27.1 Å². The number of phenols is 1. The van der Waals surface area contributed by atoms with E-state index in [1.807, 2.05) is 11.4 Å². The molecule has 4 heteroatoms. The lowest BCUT2D eigenvalue weighted by molar-refractivity contribution is 0.417. The highest BCUT2D eigenvalue weighted by Gasteiger charge is 2.09. The van der Waals surface area contributed by atoms with Crippen molar-refractivity contribution < 1.29 is 9.84 Å². The first-order valence-corrected chi connectivity index (χ1v) is 4.64. The van der Waals surface area contributed by atoms with Crippen molar-refractivity contribution in [2.24, 2.45) is 0 Å². The summed E-state index contributed by atoms with van der Waals surface area (Å²) in [6.45, 7) is 0. The minimum absolute atomic E-state index is 0.174. The summed E-state index contributed by atoms with van der Waals surface area (Å²) in [6, 6.07) is 3.35. The van der Waals surface area contributed by atoms with Crippen LogP contribution in [0.4, 0.5) is 5.69 Å². The van der Waals surface area contributed by atoms with Crippen LogP contribution in [0, 0.1) is 0 Å². The smallest absolute Gasteiger partial charge is 0.141 e. The third-order valence-electron chi connectivity index (χ3n) is 1.86. The summed E-state index contributed by atoms with van der Waals surface area (Å²) in [5.74, 6) is 0.866. The Bertz CT molecular complexity index is 450. The van der Waals surface area contributed by atoms with E-state index in [4.69, 9.17) is 10.5 Å². The number of methoxy groups -OCH3 is 1. The minimum Gasteiger partial charge on any atom is -0.507 e. The normalized spacial score (nSPS) is 10.5. The lowest BCUT2D eigenvalue weighted by atomic mass is 10.2. The van der Waals surface area contributed by atoms with E-state index in [2.05, 4.69) is 0 Å². The molecule has 0 unspecified atom stereocenters. The monoisotopic (exact) mass is 195 g/mol. The van der Waals surface area contributed by atoms with Gasteiger partial charge in [-0.3, -0.25) is 0 Å². The number of nitrogen functional groups attached to an aromatic ring is 1. The molecule has 0 saturated heterocycles. The van der Waals surface area contributed by atoms with Gasteiger partial charge in [-0.1, -0.05) is 0 Å². The van der Waals surface area contributed by atoms with E-state index >= 15 is 0 Å². The standard InChI is InChI=1S/C9H9NO2S/c1-12-7-4-13-8-3-5(10)2-6(11)9(7)8/h2-4,11H,10H2,1H3. The Hall–Kier alpha value is -1.42. The van der Waals surface area contributed by atoms with E-state index in [0.717, 1.165) is 10.1 Å². The maximum absolute atomic E-state index is 9.60. The maximum atomic E-state index is 9.60. The van der Waals surface area contributed by atoms with Crippen molar-refractivity contribution in [3.05, 3.63) is 17.5 Å². The van der Waals surface area contributed by atoms with Gasteiger partial charge in [0.1, 0.15) is 11.5 Å². The number of ether oxygens (including phenoxy) is 1. The molecule has 0 radical (unpaired) electrons. The average molecular weight is 195 g/mol. The second kappa shape index (κ2) is 2.81. The van der Waals surface area contributed by atoms with E-state index < -0.39 is 0 Å². The van der Waals surface area contributed by atoms with Crippen LogP contribution in [0.3, 0.4) is 0 Å². The van der Waals surface area contributed by atoms with Gasteiger partial charge in [-0.05, 0) is 6.07 Å². The molecule has 0 saturated carbocycles. The van der Waals surface area contributed by atoms with E-state index in [9.17, 15) is 5.11 Å². The molecular formula is C9H9NO2S. The van der Waals surface area contributed by atoms with Gasteiger partial charge in [-0.2, -0.15) is 0 Å². The quantitative estimate of drug-likeness (QED) is 0.686. The molecule has 13 heavy (non-hydrogen) atoms. The van der Waals surface area contributed by atoms with Crippen molar-refractivity contribution in [3.8, 4) is 11.5 Å². The second-order valence-corrected chi connectivity index (χ2v) is 3.63. The topological polar surface area (TPSA) is 55.5 Å². The number of rotatable bonds is 1. The zero-order chi connectivity index (χ0) is 9.42. The lowest BCUT2D eigenvalue weighted by Gasteiger charge is -2.00. The molecule has 1 aromatic carbocycles. The Morgan fingerprint density at radius 3 is 2.92 bits per heavy atom. The van der Waals surface area contributed by atoms with Crippen LogP contribution in [0.5, 0.6) is 11.5 Å². The Kier molecular flexibility index (Phi) is 1.77. The van der Waals surface area contributed by atoms with Crippen molar-refractivity contribution in [3.63, 3.8) is 0 Å². The fourth-order valence-electron chi connectivity index (χ4n) is 1.29. The molecule has 3 N–H and O–H groups in total. The van der Waals surface area contributed by atoms with Crippen LogP contribution in [0.1, 0.15) is 0 Å². The molecule has 68 valence electrons.